The summed E-state index contributed by atoms with van der Waals surface area (Å²) >= 11 is 0. The summed E-state index contributed by atoms with van der Waals surface area (Å²) in [5.41, 5.74) is 5.43. The second-order valence-corrected chi connectivity index (χ2v) is 7.73. The number of ether oxygens (including phenoxy) is 1. The maximum absolute atomic E-state index is 11.2. The summed E-state index contributed by atoms with van der Waals surface area (Å²) in [5.74, 6) is 0.588. The van der Waals surface area contributed by atoms with Crippen LogP contribution in [-0.4, -0.2) is 18.6 Å². The van der Waals surface area contributed by atoms with Crippen molar-refractivity contribution in [1.82, 2.24) is 0 Å². The van der Waals surface area contributed by atoms with Gasteiger partial charge in [-0.3, -0.25) is 4.79 Å². The smallest absolute Gasteiger partial charge is 0.322 e. The van der Waals surface area contributed by atoms with Gasteiger partial charge < -0.3 is 10.5 Å². The molecule has 2 N–H and O–H groups in total. The molecule has 0 amide bonds. The lowest BCUT2D eigenvalue weighted by atomic mass is 10.0. The molecule has 0 aromatic carbocycles. The summed E-state index contributed by atoms with van der Waals surface area (Å²) < 4.78 is 5.06. The average Bonchev–Trinajstić information content (AvgIpc) is 2.53. The number of carbonyl (C=O) groups excluding carboxylic acids is 1. The van der Waals surface area contributed by atoms with Crippen LogP contribution < -0.4 is 5.73 Å². The minimum absolute atomic E-state index is 0.282. The Bertz CT molecular complexity index is 277. The maximum atomic E-state index is 11.2. The van der Waals surface area contributed by atoms with E-state index >= 15 is 0 Å². The van der Waals surface area contributed by atoms with Gasteiger partial charge >= 0.3 is 5.97 Å². The van der Waals surface area contributed by atoms with Gasteiger partial charge in [0.1, 0.15) is 6.04 Å². The molecule has 1 atom stereocenters. The van der Waals surface area contributed by atoms with Crippen LogP contribution in [0.1, 0.15) is 111 Å². The third-order valence-electron chi connectivity index (χ3n) is 4.54. The molecule has 0 spiro atoms. The van der Waals surface area contributed by atoms with Crippen molar-refractivity contribution in [2.24, 2.45) is 11.7 Å². The number of esters is 1. The highest BCUT2D eigenvalue weighted by Crippen LogP contribution is 2.14. The quantitative estimate of drug-likeness (QED) is 0.261. The molecule has 0 saturated carbocycles. The highest BCUT2D eigenvalue weighted by atomic mass is 16.5. The van der Waals surface area contributed by atoms with Crippen LogP contribution in [0.2, 0.25) is 0 Å². The number of rotatable bonds is 17. The van der Waals surface area contributed by atoms with Gasteiger partial charge in [0, 0.05) is 0 Å². The summed E-state index contributed by atoms with van der Waals surface area (Å²) in [7, 11) is 0. The van der Waals surface area contributed by atoms with Gasteiger partial charge in [-0.15, -0.1) is 0 Å². The van der Waals surface area contributed by atoms with Crippen LogP contribution in [0.3, 0.4) is 0 Å². The van der Waals surface area contributed by atoms with Gasteiger partial charge in [0.25, 0.3) is 0 Å². The Kier molecular flexibility index (Phi) is 16.8. The fourth-order valence-electron chi connectivity index (χ4n) is 2.90. The predicted octanol–water partition coefficient (Wildman–Crippen LogP) is 5.99. The van der Waals surface area contributed by atoms with Gasteiger partial charge in [-0.05, 0) is 19.3 Å². The second kappa shape index (κ2) is 17.3. The largest absolute Gasteiger partial charge is 0.465 e. The number of carbonyl (C=O) groups is 1. The summed E-state index contributed by atoms with van der Waals surface area (Å²) in [6, 6.07) is -0.495. The molecule has 0 bridgehead atoms. The molecule has 3 nitrogen and oxygen atoms in total. The molecule has 0 aliphatic rings. The highest BCUT2D eigenvalue weighted by molar-refractivity contribution is 5.74. The SMILES string of the molecule is CC(C)CCCCCCCCCCCCCCCOC(=O)[C@H](C)N. The molecule has 0 fully saturated rings. The first-order valence-electron chi connectivity index (χ1n) is 10.5. The third kappa shape index (κ3) is 17.8. The monoisotopic (exact) mass is 341 g/mol. The van der Waals surface area contributed by atoms with E-state index in [-0.39, 0.29) is 5.97 Å². The van der Waals surface area contributed by atoms with Crippen molar-refractivity contribution in [1.29, 1.82) is 0 Å². The van der Waals surface area contributed by atoms with Crippen LogP contribution >= 0.6 is 0 Å². The molecule has 0 saturated heterocycles. The van der Waals surface area contributed by atoms with Crippen molar-refractivity contribution in [2.45, 2.75) is 117 Å². The Labute approximate surface area is 151 Å². The maximum Gasteiger partial charge on any atom is 0.322 e. The van der Waals surface area contributed by atoms with Crippen molar-refractivity contribution in [3.05, 3.63) is 0 Å². The Balaban J connectivity index is 3.06. The molecular formula is C21H43NO2. The summed E-state index contributed by atoms with van der Waals surface area (Å²) in [4.78, 5) is 11.2. The molecule has 0 aliphatic carbocycles. The lowest BCUT2D eigenvalue weighted by Crippen LogP contribution is -2.28. The van der Waals surface area contributed by atoms with E-state index in [4.69, 9.17) is 10.5 Å². The van der Waals surface area contributed by atoms with Crippen LogP contribution in [0.4, 0.5) is 0 Å². The minimum Gasteiger partial charge on any atom is -0.465 e. The molecule has 0 aromatic rings. The highest BCUT2D eigenvalue weighted by Gasteiger charge is 2.07. The molecule has 0 aromatic heterocycles. The number of hydrogen-bond acceptors (Lipinski definition) is 3. The van der Waals surface area contributed by atoms with E-state index in [9.17, 15) is 4.79 Å². The first kappa shape index (κ1) is 23.4. The minimum atomic E-state index is -0.495. The van der Waals surface area contributed by atoms with Crippen molar-refractivity contribution < 1.29 is 9.53 Å². The molecule has 0 radical (unpaired) electrons. The molecule has 24 heavy (non-hydrogen) atoms. The van der Waals surface area contributed by atoms with E-state index in [0.29, 0.717) is 6.61 Å². The zero-order valence-corrected chi connectivity index (χ0v) is 16.7. The summed E-state index contributed by atoms with van der Waals surface area (Å²) in [6.07, 6.45) is 18.8. The van der Waals surface area contributed by atoms with Crippen LogP contribution in [0.25, 0.3) is 0 Å². The first-order chi connectivity index (χ1) is 11.5. The molecule has 144 valence electrons. The van der Waals surface area contributed by atoms with Gasteiger partial charge in [0.2, 0.25) is 0 Å². The predicted molar refractivity (Wildman–Crippen MR) is 104 cm³/mol. The number of unbranched alkanes of at least 4 members (excludes halogenated alkanes) is 12. The van der Waals surface area contributed by atoms with E-state index in [1.54, 1.807) is 6.92 Å². The Morgan fingerprint density at radius 3 is 1.46 bits per heavy atom. The topological polar surface area (TPSA) is 52.3 Å². The van der Waals surface area contributed by atoms with Crippen molar-refractivity contribution in [3.63, 3.8) is 0 Å². The van der Waals surface area contributed by atoms with E-state index in [2.05, 4.69) is 13.8 Å². The molecular weight excluding hydrogens is 298 g/mol. The van der Waals surface area contributed by atoms with Gasteiger partial charge in [-0.25, -0.2) is 0 Å². The van der Waals surface area contributed by atoms with Crippen LogP contribution in [0.5, 0.6) is 0 Å². The van der Waals surface area contributed by atoms with Crippen LogP contribution in [0.15, 0.2) is 0 Å². The zero-order valence-electron chi connectivity index (χ0n) is 16.7. The van der Waals surface area contributed by atoms with Crippen molar-refractivity contribution in [3.8, 4) is 0 Å². The van der Waals surface area contributed by atoms with Crippen molar-refractivity contribution >= 4 is 5.97 Å². The fourth-order valence-corrected chi connectivity index (χ4v) is 2.90. The normalized spacial score (nSPS) is 12.5. The third-order valence-corrected chi connectivity index (χ3v) is 4.54. The summed E-state index contributed by atoms with van der Waals surface area (Å²) in [5, 5.41) is 0. The number of hydrogen-bond donors (Lipinski definition) is 1. The van der Waals surface area contributed by atoms with E-state index in [1.165, 1.54) is 77.0 Å². The van der Waals surface area contributed by atoms with E-state index in [1.807, 2.05) is 0 Å². The molecule has 0 rings (SSSR count). The van der Waals surface area contributed by atoms with Gasteiger partial charge in [0.15, 0.2) is 0 Å². The van der Waals surface area contributed by atoms with Gasteiger partial charge in [-0.1, -0.05) is 97.3 Å². The second-order valence-electron chi connectivity index (χ2n) is 7.73. The van der Waals surface area contributed by atoms with Gasteiger partial charge in [-0.2, -0.15) is 0 Å². The molecule has 0 heterocycles. The standard InChI is InChI=1S/C21H43NO2/c1-19(2)17-15-13-11-9-7-5-4-6-8-10-12-14-16-18-24-21(23)20(3)22/h19-20H,4-18,22H2,1-3H3/t20-/m0/s1. The van der Waals surface area contributed by atoms with Crippen LogP contribution in [0, 0.1) is 5.92 Å². The van der Waals surface area contributed by atoms with E-state index < -0.39 is 6.04 Å². The lowest BCUT2D eigenvalue weighted by Gasteiger charge is -2.07. The first-order valence-corrected chi connectivity index (χ1v) is 10.5. The molecule has 0 aliphatic heterocycles. The average molecular weight is 342 g/mol. The van der Waals surface area contributed by atoms with Gasteiger partial charge in [0.05, 0.1) is 6.61 Å². The summed E-state index contributed by atoms with van der Waals surface area (Å²) in [6.45, 7) is 6.82. The molecule has 0 unspecified atom stereocenters. The fraction of sp³-hybridized carbons (Fsp3) is 0.952. The number of nitrogens with two attached hydrogens (primary N) is 1. The Hall–Kier alpha value is -0.570. The lowest BCUT2D eigenvalue weighted by molar-refractivity contribution is -0.144. The zero-order chi connectivity index (χ0) is 18.0. The van der Waals surface area contributed by atoms with Crippen LogP contribution in [-0.2, 0) is 9.53 Å². The molecule has 3 heteroatoms. The van der Waals surface area contributed by atoms with E-state index in [0.717, 1.165) is 18.8 Å². The van der Waals surface area contributed by atoms with Crippen molar-refractivity contribution in [2.75, 3.05) is 6.61 Å². The Morgan fingerprint density at radius 2 is 1.08 bits per heavy atom. The Morgan fingerprint density at radius 1 is 0.708 bits per heavy atom.